The van der Waals surface area contributed by atoms with Crippen molar-refractivity contribution in [3.63, 3.8) is 0 Å². The van der Waals surface area contributed by atoms with E-state index < -0.39 is 0 Å². The number of nitrogens with zero attached hydrogens (tertiary/aromatic N) is 2. The fourth-order valence-corrected chi connectivity index (χ4v) is 6.51. The lowest BCUT2D eigenvalue weighted by atomic mass is 9.78. The van der Waals surface area contributed by atoms with E-state index in [9.17, 15) is 10.1 Å². The molecule has 4 nitrogen and oxygen atoms in total. The molecule has 1 aliphatic carbocycles. The fraction of sp³-hybridized carbons (Fsp3) is 0.250. The lowest BCUT2D eigenvalue weighted by molar-refractivity contribution is -0.113. The van der Waals surface area contributed by atoms with Gasteiger partial charge < -0.3 is 5.32 Å². The van der Waals surface area contributed by atoms with Gasteiger partial charge in [-0.2, -0.15) is 5.26 Å². The fourth-order valence-electron chi connectivity index (χ4n) is 3.57. The van der Waals surface area contributed by atoms with Gasteiger partial charge in [-0.1, -0.05) is 32.0 Å². The molecule has 0 radical (unpaired) electrons. The quantitative estimate of drug-likeness (QED) is 0.404. The monoisotopic (exact) mass is 445 g/mol. The molecule has 28 heavy (non-hydrogen) atoms. The van der Waals surface area contributed by atoms with E-state index in [0.29, 0.717) is 10.6 Å². The van der Waals surface area contributed by atoms with Gasteiger partial charge in [0.1, 0.15) is 17.0 Å². The minimum Gasteiger partial charge on any atom is -0.316 e. The van der Waals surface area contributed by atoms with Crippen LogP contribution in [-0.4, -0.2) is 16.4 Å². The number of hydrogen-bond donors (Lipinski definition) is 1. The van der Waals surface area contributed by atoms with Gasteiger partial charge in [-0.05, 0) is 30.8 Å². The molecule has 1 N–H and O–H groups in total. The summed E-state index contributed by atoms with van der Waals surface area (Å²) in [6.45, 7) is 4.32. The van der Waals surface area contributed by atoms with Crippen molar-refractivity contribution in [2.24, 2.45) is 0 Å². The van der Waals surface area contributed by atoms with Gasteiger partial charge in [0.05, 0.1) is 10.4 Å². The van der Waals surface area contributed by atoms with Gasteiger partial charge in [-0.3, -0.25) is 9.36 Å². The molecule has 0 fully saturated rings. The summed E-state index contributed by atoms with van der Waals surface area (Å²) < 4.78 is 2.86. The van der Waals surface area contributed by atoms with Crippen molar-refractivity contribution >= 4 is 57.4 Å². The first-order chi connectivity index (χ1) is 13.4. The van der Waals surface area contributed by atoms with Crippen LogP contribution >= 0.6 is 46.5 Å². The molecule has 1 amide bonds. The number of halogens is 1. The van der Waals surface area contributed by atoms with Gasteiger partial charge in [0.25, 0.3) is 0 Å². The van der Waals surface area contributed by atoms with Gasteiger partial charge >= 0.3 is 0 Å². The summed E-state index contributed by atoms with van der Waals surface area (Å²) >= 11 is 14.3. The van der Waals surface area contributed by atoms with Crippen molar-refractivity contribution in [1.29, 1.82) is 5.26 Å². The van der Waals surface area contributed by atoms with Gasteiger partial charge in [0, 0.05) is 27.2 Å². The number of fused-ring (bicyclic) bond motifs is 3. The molecular weight excluding hydrogens is 430 g/mol. The highest BCUT2D eigenvalue weighted by atomic mass is 35.5. The predicted molar refractivity (Wildman–Crippen MR) is 119 cm³/mol. The van der Waals surface area contributed by atoms with Crippen molar-refractivity contribution in [2.75, 3.05) is 11.2 Å². The first-order valence-electron chi connectivity index (χ1n) is 8.61. The van der Waals surface area contributed by atoms with Crippen LogP contribution in [0.3, 0.4) is 0 Å². The molecule has 1 aliphatic rings. The summed E-state index contributed by atoms with van der Waals surface area (Å²) in [5, 5.41) is 13.2. The van der Waals surface area contributed by atoms with Crippen LogP contribution in [0.1, 0.15) is 30.0 Å². The number of benzene rings is 1. The lowest BCUT2D eigenvalue weighted by Crippen LogP contribution is -2.25. The van der Waals surface area contributed by atoms with Crippen LogP contribution in [0, 0.1) is 15.3 Å². The van der Waals surface area contributed by atoms with Crippen molar-refractivity contribution < 1.29 is 4.79 Å². The summed E-state index contributed by atoms with van der Waals surface area (Å²) in [4.78, 5) is 14.0. The number of para-hydroxylation sites is 1. The second-order valence-corrected chi connectivity index (χ2v) is 10.1. The smallest absolute Gasteiger partial charge is 0.239 e. The largest absolute Gasteiger partial charge is 0.316 e. The Morgan fingerprint density at radius 3 is 2.71 bits per heavy atom. The molecule has 0 bridgehead atoms. The zero-order valence-electron chi connectivity index (χ0n) is 15.2. The molecule has 0 atom stereocenters. The molecule has 142 valence electrons. The van der Waals surface area contributed by atoms with Crippen molar-refractivity contribution in [1.82, 2.24) is 4.57 Å². The molecule has 2 heterocycles. The van der Waals surface area contributed by atoms with Crippen LogP contribution in [0.4, 0.5) is 5.00 Å². The van der Waals surface area contributed by atoms with E-state index in [4.69, 9.17) is 23.8 Å². The van der Waals surface area contributed by atoms with Crippen molar-refractivity contribution in [2.45, 2.75) is 25.7 Å². The van der Waals surface area contributed by atoms with E-state index in [-0.39, 0.29) is 17.2 Å². The molecule has 1 aromatic carbocycles. The SMILES string of the molecule is CC1(C)Cc2c(sc(=S)n2-c2ccccc2)-c2c1sc(NC(=O)CCl)c2C#N. The first-order valence-corrected chi connectivity index (χ1v) is 11.2. The third-order valence-corrected chi connectivity index (χ3v) is 7.91. The van der Waals surface area contributed by atoms with E-state index in [0.717, 1.165) is 37.1 Å². The van der Waals surface area contributed by atoms with E-state index in [1.807, 2.05) is 30.3 Å². The second-order valence-electron chi connectivity index (χ2n) is 7.18. The minimum atomic E-state index is -0.315. The maximum Gasteiger partial charge on any atom is 0.239 e. The van der Waals surface area contributed by atoms with Crippen LogP contribution in [0.15, 0.2) is 30.3 Å². The molecule has 3 aromatic rings. The molecule has 4 rings (SSSR count). The maximum absolute atomic E-state index is 11.8. The first kappa shape index (κ1) is 19.3. The highest BCUT2D eigenvalue weighted by Crippen LogP contribution is 2.53. The van der Waals surface area contributed by atoms with Gasteiger partial charge in [0.2, 0.25) is 5.91 Å². The Kier molecular flexibility index (Phi) is 4.92. The standard InChI is InChI=1S/C20H16ClN3OS3/c1-20(2)8-13-16(27-19(26)24(13)11-6-4-3-5-7-11)15-12(10-22)18(28-17(15)20)23-14(25)9-21/h3-7H,8-9H2,1-2H3,(H,23,25). The van der Waals surface area contributed by atoms with E-state index in [1.54, 1.807) is 0 Å². The van der Waals surface area contributed by atoms with Gasteiger partial charge in [-0.25, -0.2) is 0 Å². The number of thiazole rings is 1. The Bertz CT molecular complexity index is 1180. The second kappa shape index (κ2) is 7.12. The zero-order chi connectivity index (χ0) is 20.1. The third-order valence-electron chi connectivity index (χ3n) is 4.76. The number of rotatable bonds is 3. The number of carbonyl (C=O) groups excluding carboxylic acids is 1. The molecule has 0 saturated carbocycles. The number of nitriles is 1. The van der Waals surface area contributed by atoms with E-state index in [2.05, 4.69) is 29.8 Å². The molecular formula is C20H16ClN3OS3. The molecule has 0 aliphatic heterocycles. The number of amides is 1. The Labute approximate surface area is 181 Å². The van der Waals surface area contributed by atoms with E-state index >= 15 is 0 Å². The normalized spacial score (nSPS) is 14.1. The Hall–Kier alpha value is -1.98. The molecule has 0 spiro atoms. The number of alkyl halides is 1. The zero-order valence-corrected chi connectivity index (χ0v) is 18.4. The summed E-state index contributed by atoms with van der Waals surface area (Å²) in [5.74, 6) is -0.463. The summed E-state index contributed by atoms with van der Waals surface area (Å²) in [6.07, 6.45) is 0.797. The third kappa shape index (κ3) is 3.01. The average molecular weight is 446 g/mol. The number of aromatic nitrogens is 1. The van der Waals surface area contributed by atoms with Crippen LogP contribution in [0.25, 0.3) is 16.1 Å². The Morgan fingerprint density at radius 2 is 2.07 bits per heavy atom. The van der Waals surface area contributed by atoms with Crippen LogP contribution < -0.4 is 5.32 Å². The Balaban J connectivity index is 1.99. The number of thiophene rings is 1. The van der Waals surface area contributed by atoms with Crippen molar-refractivity contribution in [3.05, 3.63) is 50.4 Å². The van der Waals surface area contributed by atoms with Gasteiger partial charge in [-0.15, -0.1) is 34.3 Å². The minimum absolute atomic E-state index is 0.147. The summed E-state index contributed by atoms with van der Waals surface area (Å²) in [5.41, 5.74) is 3.33. The lowest BCUT2D eigenvalue weighted by Gasteiger charge is -2.30. The Morgan fingerprint density at radius 1 is 1.36 bits per heavy atom. The average Bonchev–Trinajstić information content (AvgIpc) is 3.19. The highest BCUT2D eigenvalue weighted by Gasteiger charge is 2.39. The van der Waals surface area contributed by atoms with Gasteiger partial charge in [0.15, 0.2) is 3.95 Å². The number of carbonyl (C=O) groups is 1. The summed E-state index contributed by atoms with van der Waals surface area (Å²) in [6, 6.07) is 12.3. The number of hydrogen-bond acceptors (Lipinski definition) is 5. The molecule has 0 unspecified atom stereocenters. The topological polar surface area (TPSA) is 57.8 Å². The van der Waals surface area contributed by atoms with Crippen molar-refractivity contribution in [3.8, 4) is 22.2 Å². The predicted octanol–water partition coefficient (Wildman–Crippen LogP) is 5.88. The van der Waals surface area contributed by atoms with Crippen LogP contribution in [0.2, 0.25) is 0 Å². The highest BCUT2D eigenvalue weighted by molar-refractivity contribution is 7.73. The van der Waals surface area contributed by atoms with E-state index in [1.165, 1.54) is 22.7 Å². The molecule has 8 heteroatoms. The summed E-state index contributed by atoms with van der Waals surface area (Å²) in [7, 11) is 0. The van der Waals surface area contributed by atoms with Crippen LogP contribution in [0.5, 0.6) is 0 Å². The number of anilines is 1. The maximum atomic E-state index is 11.8. The number of nitrogens with one attached hydrogen (secondary N) is 1. The van der Waals surface area contributed by atoms with Crippen LogP contribution in [-0.2, 0) is 16.6 Å². The molecule has 0 saturated heterocycles. The molecule has 2 aromatic heterocycles.